The Labute approximate surface area is 118 Å². The molecule has 5 heteroatoms. The van der Waals surface area contributed by atoms with Gasteiger partial charge in [-0.25, -0.2) is 0 Å². The van der Waals surface area contributed by atoms with Crippen LogP contribution < -0.4 is 5.32 Å². The van der Waals surface area contributed by atoms with Gasteiger partial charge in [0.2, 0.25) is 0 Å². The standard InChI is InChI=1S/C15H21NO4/c17-14(18)9-12-1-3-13(4-2-12)10-16-11-15(19)5-7-20-8-6-15/h1-4,16,19H,5-11H2,(H,17,18). The van der Waals surface area contributed by atoms with E-state index in [2.05, 4.69) is 5.32 Å². The molecule has 1 saturated heterocycles. The number of rotatable bonds is 6. The van der Waals surface area contributed by atoms with Crippen molar-refractivity contribution in [1.82, 2.24) is 5.32 Å². The molecule has 1 aliphatic heterocycles. The van der Waals surface area contributed by atoms with Gasteiger partial charge in [0, 0.05) is 39.1 Å². The maximum Gasteiger partial charge on any atom is 0.307 e. The highest BCUT2D eigenvalue weighted by Crippen LogP contribution is 2.19. The zero-order valence-electron chi connectivity index (χ0n) is 11.5. The molecule has 0 bridgehead atoms. The average Bonchev–Trinajstić information content (AvgIpc) is 2.41. The van der Waals surface area contributed by atoms with Gasteiger partial charge in [-0.15, -0.1) is 0 Å². The summed E-state index contributed by atoms with van der Waals surface area (Å²) >= 11 is 0. The molecule has 1 aromatic carbocycles. The van der Waals surface area contributed by atoms with Crippen LogP contribution in [0, 0.1) is 0 Å². The number of carboxylic acid groups (broad SMARTS) is 1. The minimum absolute atomic E-state index is 0.0491. The third-order valence-electron chi connectivity index (χ3n) is 3.59. The number of aliphatic hydroxyl groups is 1. The Bertz CT molecular complexity index is 438. The van der Waals surface area contributed by atoms with E-state index < -0.39 is 11.6 Å². The van der Waals surface area contributed by atoms with Crippen LogP contribution in [-0.4, -0.2) is 41.5 Å². The second-order valence-electron chi connectivity index (χ2n) is 5.33. The van der Waals surface area contributed by atoms with Crippen molar-refractivity contribution in [3.05, 3.63) is 35.4 Å². The molecule has 0 aliphatic carbocycles. The Balaban J connectivity index is 1.77. The first kappa shape index (κ1) is 15.0. The van der Waals surface area contributed by atoms with Crippen LogP contribution in [0.15, 0.2) is 24.3 Å². The van der Waals surface area contributed by atoms with E-state index >= 15 is 0 Å². The van der Waals surface area contributed by atoms with Crippen molar-refractivity contribution in [3.8, 4) is 0 Å². The van der Waals surface area contributed by atoms with Gasteiger partial charge < -0.3 is 20.3 Å². The predicted octanol–water partition coefficient (Wildman–Crippen LogP) is 0.945. The van der Waals surface area contributed by atoms with Gasteiger partial charge in [0.25, 0.3) is 0 Å². The molecule has 3 N–H and O–H groups in total. The van der Waals surface area contributed by atoms with Crippen molar-refractivity contribution < 1.29 is 19.7 Å². The van der Waals surface area contributed by atoms with E-state index in [4.69, 9.17) is 9.84 Å². The van der Waals surface area contributed by atoms with Crippen LogP contribution in [0.2, 0.25) is 0 Å². The number of hydrogen-bond acceptors (Lipinski definition) is 4. The van der Waals surface area contributed by atoms with E-state index in [1.54, 1.807) is 0 Å². The van der Waals surface area contributed by atoms with Gasteiger partial charge in [-0.05, 0) is 11.1 Å². The summed E-state index contributed by atoms with van der Waals surface area (Å²) in [5, 5.41) is 22.2. The van der Waals surface area contributed by atoms with Gasteiger partial charge in [-0.3, -0.25) is 4.79 Å². The molecule has 1 fully saturated rings. The molecule has 20 heavy (non-hydrogen) atoms. The van der Waals surface area contributed by atoms with Crippen molar-refractivity contribution in [3.63, 3.8) is 0 Å². The summed E-state index contributed by atoms with van der Waals surface area (Å²) < 4.78 is 5.24. The fourth-order valence-corrected chi connectivity index (χ4v) is 2.32. The van der Waals surface area contributed by atoms with Crippen LogP contribution >= 0.6 is 0 Å². The molecule has 5 nitrogen and oxygen atoms in total. The SMILES string of the molecule is O=C(O)Cc1ccc(CNCC2(O)CCOCC2)cc1. The lowest BCUT2D eigenvalue weighted by Crippen LogP contribution is -2.44. The average molecular weight is 279 g/mol. The van der Waals surface area contributed by atoms with Crippen molar-refractivity contribution in [1.29, 1.82) is 0 Å². The molecule has 110 valence electrons. The van der Waals surface area contributed by atoms with Crippen LogP contribution in [0.3, 0.4) is 0 Å². The third kappa shape index (κ3) is 4.59. The van der Waals surface area contributed by atoms with Gasteiger partial charge in [0.05, 0.1) is 12.0 Å². The summed E-state index contributed by atoms with van der Waals surface area (Å²) in [5.41, 5.74) is 1.21. The number of benzene rings is 1. The number of carboxylic acids is 1. The molecule has 0 saturated carbocycles. The maximum absolute atomic E-state index is 10.6. The quantitative estimate of drug-likeness (QED) is 0.722. The zero-order valence-corrected chi connectivity index (χ0v) is 11.5. The molecule has 0 atom stereocenters. The van der Waals surface area contributed by atoms with Crippen molar-refractivity contribution in [2.75, 3.05) is 19.8 Å². The number of carbonyl (C=O) groups is 1. The molecular weight excluding hydrogens is 258 g/mol. The molecule has 0 spiro atoms. The fraction of sp³-hybridized carbons (Fsp3) is 0.533. The summed E-state index contributed by atoms with van der Waals surface area (Å²) in [6.45, 7) is 2.44. The van der Waals surface area contributed by atoms with Gasteiger partial charge >= 0.3 is 5.97 Å². The fourth-order valence-electron chi connectivity index (χ4n) is 2.32. The van der Waals surface area contributed by atoms with Crippen molar-refractivity contribution >= 4 is 5.97 Å². The lowest BCUT2D eigenvalue weighted by molar-refractivity contribution is -0.136. The number of aliphatic carboxylic acids is 1. The van der Waals surface area contributed by atoms with Crippen LogP contribution in [-0.2, 0) is 22.5 Å². The topological polar surface area (TPSA) is 78.8 Å². The highest BCUT2D eigenvalue weighted by atomic mass is 16.5. The zero-order chi connectivity index (χ0) is 14.4. The van der Waals surface area contributed by atoms with Crippen molar-refractivity contribution in [2.45, 2.75) is 31.4 Å². The lowest BCUT2D eigenvalue weighted by atomic mass is 9.94. The van der Waals surface area contributed by atoms with Crippen LogP contribution in [0.5, 0.6) is 0 Å². The minimum Gasteiger partial charge on any atom is -0.481 e. The van der Waals surface area contributed by atoms with Crippen molar-refractivity contribution in [2.24, 2.45) is 0 Å². The smallest absolute Gasteiger partial charge is 0.307 e. The minimum atomic E-state index is -0.822. The molecule has 0 amide bonds. The largest absolute Gasteiger partial charge is 0.481 e. The first-order chi connectivity index (χ1) is 9.57. The Hall–Kier alpha value is -1.43. The van der Waals surface area contributed by atoms with Gasteiger partial charge in [-0.1, -0.05) is 24.3 Å². The normalized spacial score (nSPS) is 17.9. The molecule has 0 unspecified atom stereocenters. The van der Waals surface area contributed by atoms with Gasteiger partial charge in [0.15, 0.2) is 0 Å². The number of ether oxygens (including phenoxy) is 1. The molecular formula is C15H21NO4. The Morgan fingerprint density at radius 2 is 1.80 bits per heavy atom. The molecule has 0 radical (unpaired) electrons. The molecule has 1 aliphatic rings. The first-order valence-electron chi connectivity index (χ1n) is 6.88. The number of nitrogens with one attached hydrogen (secondary N) is 1. The summed E-state index contributed by atoms with van der Waals surface area (Å²) in [6.07, 6.45) is 1.38. The van der Waals surface area contributed by atoms with E-state index in [0.717, 1.165) is 11.1 Å². The van der Waals surface area contributed by atoms with E-state index in [-0.39, 0.29) is 6.42 Å². The van der Waals surface area contributed by atoms with Crippen LogP contribution in [0.1, 0.15) is 24.0 Å². The highest BCUT2D eigenvalue weighted by molar-refractivity contribution is 5.70. The molecule has 1 aromatic rings. The molecule has 1 heterocycles. The Morgan fingerprint density at radius 1 is 1.20 bits per heavy atom. The molecule has 2 rings (SSSR count). The monoisotopic (exact) mass is 279 g/mol. The summed E-state index contributed by atoms with van der Waals surface area (Å²) in [6, 6.07) is 7.49. The Kier molecular flexibility index (Phi) is 5.11. The maximum atomic E-state index is 10.6. The van der Waals surface area contributed by atoms with Crippen LogP contribution in [0.4, 0.5) is 0 Å². The Morgan fingerprint density at radius 3 is 2.40 bits per heavy atom. The first-order valence-corrected chi connectivity index (χ1v) is 6.88. The third-order valence-corrected chi connectivity index (χ3v) is 3.59. The summed E-state index contributed by atoms with van der Waals surface area (Å²) in [7, 11) is 0. The second-order valence-corrected chi connectivity index (χ2v) is 5.33. The lowest BCUT2D eigenvalue weighted by Gasteiger charge is -2.32. The highest BCUT2D eigenvalue weighted by Gasteiger charge is 2.28. The number of hydrogen-bond donors (Lipinski definition) is 3. The summed E-state index contributed by atoms with van der Waals surface area (Å²) in [4.78, 5) is 10.6. The summed E-state index contributed by atoms with van der Waals surface area (Å²) in [5.74, 6) is -0.822. The second kappa shape index (κ2) is 6.83. The van der Waals surface area contributed by atoms with Crippen LogP contribution in [0.25, 0.3) is 0 Å². The van der Waals surface area contributed by atoms with E-state index in [1.807, 2.05) is 24.3 Å². The van der Waals surface area contributed by atoms with Gasteiger partial charge in [0.1, 0.15) is 0 Å². The van der Waals surface area contributed by atoms with E-state index in [9.17, 15) is 9.90 Å². The molecule has 0 aromatic heterocycles. The van der Waals surface area contributed by atoms with E-state index in [0.29, 0.717) is 39.1 Å². The van der Waals surface area contributed by atoms with E-state index in [1.165, 1.54) is 0 Å². The van der Waals surface area contributed by atoms with Gasteiger partial charge in [-0.2, -0.15) is 0 Å². The predicted molar refractivity (Wildman–Crippen MR) is 74.5 cm³/mol.